The van der Waals surface area contributed by atoms with Gasteiger partial charge in [-0.05, 0) is 44.9 Å². The van der Waals surface area contributed by atoms with Crippen LogP contribution in [0, 0.1) is 0 Å². The van der Waals surface area contributed by atoms with Crippen LogP contribution >= 0.6 is 11.8 Å². The lowest BCUT2D eigenvalue weighted by molar-refractivity contribution is 0.0951. The third kappa shape index (κ3) is 6.53. The fourth-order valence-corrected chi connectivity index (χ4v) is 4.00. The normalized spacial score (nSPS) is 10.9. The molecule has 0 aliphatic heterocycles. The van der Waals surface area contributed by atoms with Gasteiger partial charge in [0.15, 0.2) is 22.3 Å². The lowest BCUT2D eigenvalue weighted by atomic mass is 10.2. The van der Waals surface area contributed by atoms with Crippen molar-refractivity contribution in [2.45, 2.75) is 52.2 Å². The Morgan fingerprint density at radius 2 is 1.82 bits per heavy atom. The van der Waals surface area contributed by atoms with Crippen LogP contribution in [-0.4, -0.2) is 57.7 Å². The Morgan fingerprint density at radius 3 is 2.56 bits per heavy atom. The fourth-order valence-electron chi connectivity index (χ4n) is 3.30. The van der Waals surface area contributed by atoms with E-state index in [2.05, 4.69) is 34.6 Å². The molecule has 1 amide bonds. The summed E-state index contributed by atoms with van der Waals surface area (Å²) in [7, 11) is 0. The van der Waals surface area contributed by atoms with E-state index in [1.54, 1.807) is 36.2 Å². The van der Waals surface area contributed by atoms with E-state index in [1.165, 1.54) is 0 Å². The van der Waals surface area contributed by atoms with Gasteiger partial charge in [0.25, 0.3) is 5.91 Å². The summed E-state index contributed by atoms with van der Waals surface area (Å²) in [5.74, 6) is 2.77. The standard InChI is InChI=1S/C24H34N6O3S/c1-5-11-25-21-18-16-27-30(22(18)29-24(28-21)34-14-6-2)13-12-26-23(31)17-9-10-19(32-7-3)20(15-17)33-8-4/h9-10,15-16H,5-8,11-14H2,1-4H3,(H,26,31)(H,25,28,29). The van der Waals surface area contributed by atoms with E-state index in [0.29, 0.717) is 43.4 Å². The molecule has 34 heavy (non-hydrogen) atoms. The predicted molar refractivity (Wildman–Crippen MR) is 136 cm³/mol. The summed E-state index contributed by atoms with van der Waals surface area (Å²) in [6.07, 6.45) is 3.83. The zero-order valence-electron chi connectivity index (χ0n) is 20.4. The van der Waals surface area contributed by atoms with Crippen LogP contribution in [0.3, 0.4) is 0 Å². The van der Waals surface area contributed by atoms with E-state index in [0.717, 1.165) is 47.1 Å². The summed E-state index contributed by atoms with van der Waals surface area (Å²) >= 11 is 1.64. The van der Waals surface area contributed by atoms with E-state index < -0.39 is 0 Å². The number of nitrogens with one attached hydrogen (secondary N) is 2. The number of carbonyl (C=O) groups is 1. The number of ether oxygens (including phenoxy) is 2. The second-order valence-corrected chi connectivity index (χ2v) is 8.58. The second-order valence-electron chi connectivity index (χ2n) is 7.52. The zero-order valence-corrected chi connectivity index (χ0v) is 21.2. The number of carbonyl (C=O) groups excluding carboxylic acids is 1. The van der Waals surface area contributed by atoms with Crippen molar-refractivity contribution in [3.8, 4) is 11.5 Å². The van der Waals surface area contributed by atoms with Crippen molar-refractivity contribution in [1.82, 2.24) is 25.1 Å². The van der Waals surface area contributed by atoms with Gasteiger partial charge in [-0.3, -0.25) is 4.79 Å². The maximum absolute atomic E-state index is 12.7. The second kappa shape index (κ2) is 13.0. The molecule has 9 nitrogen and oxygen atoms in total. The highest BCUT2D eigenvalue weighted by Crippen LogP contribution is 2.28. The number of rotatable bonds is 14. The van der Waals surface area contributed by atoms with Gasteiger partial charge in [-0.2, -0.15) is 5.10 Å². The third-order valence-corrected chi connectivity index (χ3v) is 5.92. The number of hydrogen-bond donors (Lipinski definition) is 2. The minimum absolute atomic E-state index is 0.181. The van der Waals surface area contributed by atoms with Crippen LogP contribution in [0.25, 0.3) is 11.0 Å². The maximum atomic E-state index is 12.7. The van der Waals surface area contributed by atoms with Crippen molar-refractivity contribution in [3.05, 3.63) is 30.0 Å². The number of nitrogens with zero attached hydrogens (tertiary/aromatic N) is 4. The Kier molecular flexibility index (Phi) is 9.81. The van der Waals surface area contributed by atoms with Gasteiger partial charge in [0.2, 0.25) is 0 Å². The average molecular weight is 487 g/mol. The van der Waals surface area contributed by atoms with Gasteiger partial charge in [0.1, 0.15) is 5.82 Å². The lowest BCUT2D eigenvalue weighted by Gasteiger charge is -2.12. The van der Waals surface area contributed by atoms with Gasteiger partial charge in [0, 0.05) is 24.4 Å². The predicted octanol–water partition coefficient (Wildman–Crippen LogP) is 4.38. The summed E-state index contributed by atoms with van der Waals surface area (Å²) in [5.41, 5.74) is 1.28. The Labute approximate surface area is 205 Å². The first-order chi connectivity index (χ1) is 16.6. The fraction of sp³-hybridized carbons (Fsp3) is 0.500. The molecule has 0 fully saturated rings. The minimum Gasteiger partial charge on any atom is -0.490 e. The highest BCUT2D eigenvalue weighted by atomic mass is 32.2. The molecule has 2 N–H and O–H groups in total. The molecule has 3 rings (SSSR count). The molecule has 2 aromatic heterocycles. The lowest BCUT2D eigenvalue weighted by Crippen LogP contribution is -2.27. The number of amides is 1. The van der Waals surface area contributed by atoms with Crippen LogP contribution in [-0.2, 0) is 6.54 Å². The van der Waals surface area contributed by atoms with Crippen LogP contribution < -0.4 is 20.1 Å². The molecular formula is C24H34N6O3S. The number of fused-ring (bicyclic) bond motifs is 1. The molecule has 1 aromatic carbocycles. The molecule has 0 aliphatic rings. The Morgan fingerprint density at radius 1 is 1.03 bits per heavy atom. The van der Waals surface area contributed by atoms with Gasteiger partial charge in [-0.1, -0.05) is 25.6 Å². The first kappa shape index (κ1) is 25.6. The number of hydrogen-bond acceptors (Lipinski definition) is 8. The van der Waals surface area contributed by atoms with E-state index in [9.17, 15) is 4.79 Å². The van der Waals surface area contributed by atoms with Crippen LogP contribution in [0.5, 0.6) is 11.5 Å². The van der Waals surface area contributed by atoms with Crippen molar-refractivity contribution >= 4 is 34.5 Å². The molecule has 0 bridgehead atoms. The summed E-state index contributed by atoms with van der Waals surface area (Å²) in [4.78, 5) is 22.1. The molecule has 0 saturated heterocycles. The molecule has 0 unspecified atom stereocenters. The minimum atomic E-state index is -0.181. The van der Waals surface area contributed by atoms with Crippen molar-refractivity contribution in [2.75, 3.05) is 37.4 Å². The summed E-state index contributed by atoms with van der Waals surface area (Å²) in [6, 6.07) is 5.22. The average Bonchev–Trinajstić information content (AvgIpc) is 3.25. The molecule has 10 heteroatoms. The quantitative estimate of drug-likeness (QED) is 0.256. The van der Waals surface area contributed by atoms with Gasteiger partial charge in [0.05, 0.1) is 31.3 Å². The van der Waals surface area contributed by atoms with Crippen LogP contribution in [0.2, 0.25) is 0 Å². The van der Waals surface area contributed by atoms with E-state index in [-0.39, 0.29) is 5.91 Å². The molecule has 3 aromatic rings. The van der Waals surface area contributed by atoms with Crippen molar-refractivity contribution in [1.29, 1.82) is 0 Å². The number of thioether (sulfide) groups is 1. The first-order valence-electron chi connectivity index (χ1n) is 11.9. The molecule has 0 aliphatic carbocycles. The van der Waals surface area contributed by atoms with Crippen LogP contribution in [0.4, 0.5) is 5.82 Å². The highest BCUT2D eigenvalue weighted by molar-refractivity contribution is 7.99. The summed E-state index contributed by atoms with van der Waals surface area (Å²) in [6.45, 7) is 10.8. The SMILES string of the molecule is CCCNc1nc(SCCC)nc2c1cnn2CCNC(=O)c1ccc(OCC)c(OCC)c1. The zero-order chi connectivity index (χ0) is 24.3. The number of anilines is 1. The molecule has 0 radical (unpaired) electrons. The van der Waals surface area contributed by atoms with Crippen molar-refractivity contribution in [3.63, 3.8) is 0 Å². The monoisotopic (exact) mass is 486 g/mol. The molecule has 184 valence electrons. The number of benzene rings is 1. The van der Waals surface area contributed by atoms with Gasteiger partial charge in [-0.15, -0.1) is 0 Å². The van der Waals surface area contributed by atoms with Gasteiger partial charge in [-0.25, -0.2) is 14.6 Å². The van der Waals surface area contributed by atoms with Crippen LogP contribution in [0.15, 0.2) is 29.6 Å². The smallest absolute Gasteiger partial charge is 0.251 e. The molecule has 0 atom stereocenters. The maximum Gasteiger partial charge on any atom is 0.251 e. The van der Waals surface area contributed by atoms with E-state index in [4.69, 9.17) is 14.5 Å². The van der Waals surface area contributed by atoms with Gasteiger partial charge < -0.3 is 20.1 Å². The summed E-state index contributed by atoms with van der Waals surface area (Å²) < 4.78 is 13.0. The number of aromatic nitrogens is 4. The summed E-state index contributed by atoms with van der Waals surface area (Å²) in [5, 5.41) is 12.5. The molecule has 0 saturated carbocycles. The molecule has 0 spiro atoms. The topological polar surface area (TPSA) is 103 Å². The van der Waals surface area contributed by atoms with Crippen LogP contribution in [0.1, 0.15) is 50.9 Å². The Balaban J connectivity index is 1.71. The van der Waals surface area contributed by atoms with Crippen molar-refractivity contribution < 1.29 is 14.3 Å². The largest absolute Gasteiger partial charge is 0.490 e. The third-order valence-electron chi connectivity index (χ3n) is 4.87. The molecule has 2 heterocycles. The Bertz CT molecular complexity index is 1090. The Hall–Kier alpha value is -3.01. The first-order valence-corrected chi connectivity index (χ1v) is 12.9. The highest BCUT2D eigenvalue weighted by Gasteiger charge is 2.15. The van der Waals surface area contributed by atoms with E-state index in [1.807, 2.05) is 18.5 Å². The molecular weight excluding hydrogens is 452 g/mol. The van der Waals surface area contributed by atoms with E-state index >= 15 is 0 Å². The van der Waals surface area contributed by atoms with Gasteiger partial charge >= 0.3 is 0 Å². The van der Waals surface area contributed by atoms with Crippen molar-refractivity contribution in [2.24, 2.45) is 0 Å².